The van der Waals surface area contributed by atoms with Gasteiger partial charge in [0, 0.05) is 89.7 Å². The predicted molar refractivity (Wildman–Crippen MR) is 249 cm³/mol. The van der Waals surface area contributed by atoms with Crippen LogP contribution in [0.15, 0.2) is 36.5 Å². The molecule has 9 rings (SSSR count). The number of alkyl halides is 2. The van der Waals surface area contributed by atoms with E-state index in [1.54, 1.807) is 23.2 Å². The zero-order chi connectivity index (χ0) is 49.3. The van der Waals surface area contributed by atoms with Crippen LogP contribution < -0.4 is 35.9 Å². The van der Waals surface area contributed by atoms with Gasteiger partial charge in [-0.1, -0.05) is 12.8 Å². The van der Waals surface area contributed by atoms with Crippen molar-refractivity contribution in [1.29, 1.82) is 0 Å². The molecular weight excluding hydrogens is 918 g/mol. The molecule has 1 saturated carbocycles. The van der Waals surface area contributed by atoms with Gasteiger partial charge in [-0.2, -0.15) is 13.8 Å². The first-order valence-corrected chi connectivity index (χ1v) is 23.8. The lowest BCUT2D eigenvalue weighted by molar-refractivity contribution is -0.140. The van der Waals surface area contributed by atoms with Crippen molar-refractivity contribution >= 4 is 64.3 Å². The van der Waals surface area contributed by atoms with Crippen LogP contribution >= 0.6 is 0 Å². The standard InChI is InChI=1S/C47H57F3N12O8/c1-57-37-26-52-46(55-40(37)61(30-5-3-4-6-30)27-47(49,50)45(57)68)53-35-25-34(48)33(24-38(35)69-2)41(64)56-60-14-11-29(12-15-60)59-18-16-58(17-19-59)20-22-70-21-13-51-28-7-8-31-32(23-28)44(67)62(43(31)66)36-9-10-39(63)54-42(36)65/h7-8,23-26,29-30,36,51H,3-6,9-22,27H2,1-2H3,(H,56,64)(H,52,53,55)(H,54,63,65). The van der Waals surface area contributed by atoms with Crippen molar-refractivity contribution < 1.29 is 51.4 Å². The van der Waals surface area contributed by atoms with Crippen molar-refractivity contribution in [3.8, 4) is 5.75 Å². The summed E-state index contributed by atoms with van der Waals surface area (Å²) in [6.07, 6.45) is 6.18. The average Bonchev–Trinajstić information content (AvgIpc) is 3.96. The fourth-order valence-electron chi connectivity index (χ4n) is 10.3. The minimum Gasteiger partial charge on any atom is -0.495 e. The second kappa shape index (κ2) is 20.5. The van der Waals surface area contributed by atoms with Gasteiger partial charge in [-0.15, -0.1) is 0 Å². The van der Waals surface area contributed by atoms with E-state index >= 15 is 13.2 Å². The number of rotatable bonds is 15. The molecule has 70 heavy (non-hydrogen) atoms. The second-order valence-electron chi connectivity index (χ2n) is 18.5. The minimum atomic E-state index is -3.64. The maximum absolute atomic E-state index is 15.7. The molecule has 6 aliphatic rings. The number of methoxy groups -OCH3 is 1. The molecule has 3 aromatic rings. The number of hydrazine groups is 1. The molecule has 6 heterocycles. The summed E-state index contributed by atoms with van der Waals surface area (Å²) in [5, 5.41) is 10.2. The summed E-state index contributed by atoms with van der Waals surface area (Å²) in [5.74, 6) is -8.33. The monoisotopic (exact) mass is 974 g/mol. The maximum Gasteiger partial charge on any atom is 0.342 e. The van der Waals surface area contributed by atoms with Crippen molar-refractivity contribution in [2.75, 3.05) is 107 Å². The number of ether oxygens (including phenoxy) is 2. The molecule has 0 radical (unpaired) electrons. The first kappa shape index (κ1) is 48.6. The number of benzene rings is 2. The Hall–Kier alpha value is -6.43. The highest BCUT2D eigenvalue weighted by Gasteiger charge is 2.49. The van der Waals surface area contributed by atoms with Crippen LogP contribution in [0.5, 0.6) is 5.75 Å². The summed E-state index contributed by atoms with van der Waals surface area (Å²) in [4.78, 5) is 93.1. The van der Waals surface area contributed by atoms with Crippen molar-refractivity contribution in [2.24, 2.45) is 0 Å². The molecule has 5 aliphatic heterocycles. The van der Waals surface area contributed by atoms with Crippen molar-refractivity contribution in [3.05, 3.63) is 59.0 Å². The second-order valence-corrected chi connectivity index (χ2v) is 18.5. The van der Waals surface area contributed by atoms with E-state index < -0.39 is 59.8 Å². The van der Waals surface area contributed by atoms with E-state index in [0.29, 0.717) is 57.4 Å². The molecule has 1 aromatic heterocycles. The zero-order valence-electron chi connectivity index (χ0n) is 39.1. The fraction of sp³-hybridized carbons (Fsp3) is 0.532. The van der Waals surface area contributed by atoms with E-state index in [0.717, 1.165) is 74.3 Å². The largest absolute Gasteiger partial charge is 0.495 e. The summed E-state index contributed by atoms with van der Waals surface area (Å²) in [6.45, 7) is 6.12. The lowest BCUT2D eigenvalue weighted by Crippen LogP contribution is -2.55. The number of piperazine rings is 1. The Labute approximate surface area is 402 Å². The molecule has 3 saturated heterocycles. The van der Waals surface area contributed by atoms with Gasteiger partial charge < -0.3 is 29.9 Å². The van der Waals surface area contributed by atoms with E-state index in [9.17, 15) is 28.8 Å². The maximum atomic E-state index is 15.7. The van der Waals surface area contributed by atoms with Gasteiger partial charge in [0.2, 0.25) is 17.8 Å². The highest BCUT2D eigenvalue weighted by Crippen LogP contribution is 2.40. The minimum absolute atomic E-state index is 0.0258. The molecular formula is C47H57F3N12O8. The van der Waals surface area contributed by atoms with Gasteiger partial charge in [-0.25, -0.2) is 14.4 Å². The lowest BCUT2D eigenvalue weighted by Gasteiger charge is -2.42. The third-order valence-corrected chi connectivity index (χ3v) is 14.1. The van der Waals surface area contributed by atoms with Gasteiger partial charge in [0.05, 0.1) is 55.4 Å². The van der Waals surface area contributed by atoms with E-state index in [-0.39, 0.29) is 64.5 Å². The van der Waals surface area contributed by atoms with Crippen molar-refractivity contribution in [1.82, 2.24) is 40.4 Å². The number of amides is 6. The molecule has 4 fully saturated rings. The fourth-order valence-corrected chi connectivity index (χ4v) is 10.3. The number of piperidine rings is 2. The zero-order valence-corrected chi connectivity index (χ0v) is 39.1. The lowest BCUT2D eigenvalue weighted by atomic mass is 10.0. The van der Waals surface area contributed by atoms with Crippen LogP contribution in [0.2, 0.25) is 0 Å². The highest BCUT2D eigenvalue weighted by atomic mass is 19.3. The molecule has 0 spiro atoms. The van der Waals surface area contributed by atoms with E-state index in [1.165, 1.54) is 31.3 Å². The Balaban J connectivity index is 0.694. The number of hydrogen-bond donors (Lipinski definition) is 4. The van der Waals surface area contributed by atoms with Crippen LogP contribution in [-0.4, -0.2) is 175 Å². The van der Waals surface area contributed by atoms with Gasteiger partial charge >= 0.3 is 5.92 Å². The average molecular weight is 975 g/mol. The number of imide groups is 2. The molecule has 1 aliphatic carbocycles. The van der Waals surface area contributed by atoms with Gasteiger partial charge in [0.1, 0.15) is 23.3 Å². The topological polar surface area (TPSA) is 214 Å². The summed E-state index contributed by atoms with van der Waals surface area (Å²) < 4.78 is 57.3. The first-order valence-electron chi connectivity index (χ1n) is 23.8. The molecule has 2 aromatic carbocycles. The summed E-state index contributed by atoms with van der Waals surface area (Å²) in [7, 11) is 2.64. The third kappa shape index (κ3) is 10.1. The van der Waals surface area contributed by atoms with Crippen LogP contribution in [0.4, 0.5) is 42.0 Å². The van der Waals surface area contributed by atoms with Gasteiger partial charge in [-0.3, -0.25) is 54.2 Å². The number of anilines is 5. The number of nitrogens with zero attached hydrogens (tertiary/aromatic N) is 8. The van der Waals surface area contributed by atoms with Crippen LogP contribution in [-0.2, 0) is 19.1 Å². The molecule has 1 atom stereocenters. The Morgan fingerprint density at radius 3 is 2.37 bits per heavy atom. The SMILES string of the molecule is COc1cc(C(=O)NN2CCC(N3CCN(CCOCCNc4ccc5c(c4)C(=O)N(C4CCC(=O)NC4=O)C5=O)CC3)CC2)c(F)cc1Nc1ncc2c(n1)N(C1CCCC1)CC(F)(F)C(=O)N2C. The Morgan fingerprint density at radius 2 is 1.64 bits per heavy atom. The van der Waals surface area contributed by atoms with E-state index in [4.69, 9.17) is 9.47 Å². The molecule has 20 nitrogen and oxygen atoms in total. The number of hydrogen-bond acceptors (Lipinski definition) is 16. The van der Waals surface area contributed by atoms with Crippen LogP contribution in [0.3, 0.4) is 0 Å². The van der Waals surface area contributed by atoms with Crippen molar-refractivity contribution in [3.63, 3.8) is 0 Å². The van der Waals surface area contributed by atoms with Crippen LogP contribution in [0, 0.1) is 5.82 Å². The molecule has 0 bridgehead atoms. The predicted octanol–water partition coefficient (Wildman–Crippen LogP) is 2.99. The number of fused-ring (bicyclic) bond motifs is 2. The number of halogens is 3. The highest BCUT2D eigenvalue weighted by molar-refractivity contribution is 6.23. The van der Waals surface area contributed by atoms with Gasteiger partial charge in [0.25, 0.3) is 23.6 Å². The van der Waals surface area contributed by atoms with Crippen LogP contribution in [0.25, 0.3) is 0 Å². The summed E-state index contributed by atoms with van der Waals surface area (Å²) in [6, 6.07) is 6.35. The molecule has 1 unspecified atom stereocenters. The molecule has 6 amide bonds. The molecule has 23 heteroatoms. The molecule has 4 N–H and O–H groups in total. The number of carbonyl (C=O) groups is 6. The normalized spacial score (nSPS) is 21.7. The quantitative estimate of drug-likeness (QED) is 0.127. The van der Waals surface area contributed by atoms with Crippen molar-refractivity contribution in [2.45, 2.75) is 75.4 Å². The Bertz CT molecular complexity index is 2530. The number of aromatic nitrogens is 2. The first-order chi connectivity index (χ1) is 33.7. The summed E-state index contributed by atoms with van der Waals surface area (Å²) >= 11 is 0. The summed E-state index contributed by atoms with van der Waals surface area (Å²) in [5.41, 5.74) is 3.96. The van der Waals surface area contributed by atoms with Gasteiger partial charge in [-0.05, 0) is 56.4 Å². The number of carbonyl (C=O) groups excluding carboxylic acids is 6. The molecule has 374 valence electrons. The van der Waals surface area contributed by atoms with Crippen LogP contribution in [0.1, 0.15) is 82.4 Å². The van der Waals surface area contributed by atoms with E-state index in [1.807, 2.05) is 0 Å². The Kier molecular flexibility index (Phi) is 14.2. The van der Waals surface area contributed by atoms with Gasteiger partial charge in [0.15, 0.2) is 5.82 Å². The third-order valence-electron chi connectivity index (χ3n) is 14.1. The smallest absolute Gasteiger partial charge is 0.342 e. The Morgan fingerprint density at radius 1 is 0.900 bits per heavy atom. The van der Waals surface area contributed by atoms with E-state index in [2.05, 4.69) is 41.1 Å². The number of nitrogens with one attached hydrogen (secondary N) is 4.